The van der Waals surface area contributed by atoms with E-state index in [4.69, 9.17) is 0 Å². The van der Waals surface area contributed by atoms with Crippen LogP contribution in [0.1, 0.15) is 68.0 Å². The molecule has 3 aliphatic rings. The Morgan fingerprint density at radius 1 is 1.02 bits per heavy atom. The lowest BCUT2D eigenvalue weighted by Gasteiger charge is -2.36. The molecule has 15 heteroatoms. The third kappa shape index (κ3) is 5.82. The van der Waals surface area contributed by atoms with Crippen molar-refractivity contribution in [3.8, 4) is 5.75 Å². The topological polar surface area (TPSA) is 186 Å². The second-order valence-corrected chi connectivity index (χ2v) is 14.5. The van der Waals surface area contributed by atoms with Gasteiger partial charge in [0.25, 0.3) is 5.91 Å². The van der Waals surface area contributed by atoms with Gasteiger partial charge in [0.1, 0.15) is 18.0 Å². The lowest BCUT2D eigenvalue weighted by molar-refractivity contribution is -0.134. The van der Waals surface area contributed by atoms with Crippen molar-refractivity contribution >= 4 is 67.6 Å². The first kappa shape index (κ1) is 31.8. The van der Waals surface area contributed by atoms with Gasteiger partial charge in [0.2, 0.25) is 17.7 Å². The highest BCUT2D eigenvalue weighted by molar-refractivity contribution is 8.24. The van der Waals surface area contributed by atoms with E-state index in [2.05, 4.69) is 27.9 Å². The first-order valence-electron chi connectivity index (χ1n) is 15.8. The third-order valence-corrected chi connectivity index (χ3v) is 11.1. The van der Waals surface area contributed by atoms with Crippen molar-refractivity contribution in [1.29, 1.82) is 0 Å². The number of fused-ring (bicyclic) bond motifs is 2. The van der Waals surface area contributed by atoms with Gasteiger partial charge in [0.05, 0.1) is 17.1 Å². The van der Waals surface area contributed by atoms with Crippen molar-refractivity contribution in [3.63, 3.8) is 0 Å². The van der Waals surface area contributed by atoms with Crippen molar-refractivity contribution in [2.45, 2.75) is 56.8 Å². The Morgan fingerprint density at radius 2 is 1.77 bits per heavy atom. The zero-order chi connectivity index (χ0) is 33.9. The Kier molecular flexibility index (Phi) is 8.00. The van der Waals surface area contributed by atoms with Crippen LogP contribution in [0.2, 0.25) is 0 Å². The summed E-state index contributed by atoms with van der Waals surface area (Å²) in [5, 5.41) is 21.8. The molecule has 0 spiro atoms. The number of imide groups is 1. The molecule has 1 aliphatic carbocycles. The summed E-state index contributed by atoms with van der Waals surface area (Å²) in [6.07, 6.45) is 4.64. The summed E-state index contributed by atoms with van der Waals surface area (Å²) in [5.74, 6) is -2.88. The van der Waals surface area contributed by atoms with Crippen LogP contribution in [-0.2, 0) is 26.2 Å². The number of aromatic nitrogens is 2. The van der Waals surface area contributed by atoms with Crippen LogP contribution >= 0.6 is 11.0 Å². The summed E-state index contributed by atoms with van der Waals surface area (Å²) < 4.78 is 40.2. The summed E-state index contributed by atoms with van der Waals surface area (Å²) in [6.45, 7) is -0.526. The van der Waals surface area contributed by atoms with Gasteiger partial charge in [-0.2, -0.15) is 5.10 Å². The maximum atomic E-state index is 15.4. The van der Waals surface area contributed by atoms with Gasteiger partial charge in [0.15, 0.2) is 5.82 Å². The normalized spacial score (nSPS) is 23.3. The molecule has 1 unspecified atom stereocenters. The number of hydrogen-bond donors (Lipinski definition) is 6. The van der Waals surface area contributed by atoms with E-state index < -0.39 is 46.6 Å². The number of carbonyl (C=O) groups excluding carboxylic acids is 4. The van der Waals surface area contributed by atoms with Crippen LogP contribution in [-0.4, -0.2) is 54.2 Å². The number of nitrogens with zero attached hydrogens (tertiary/aromatic N) is 3. The van der Waals surface area contributed by atoms with E-state index in [-0.39, 0.29) is 34.4 Å². The van der Waals surface area contributed by atoms with Crippen molar-refractivity contribution in [2.75, 3.05) is 16.2 Å². The van der Waals surface area contributed by atoms with Crippen LogP contribution in [0.5, 0.6) is 5.75 Å². The molecular formula is C33H35FN6O7S. The predicted molar refractivity (Wildman–Crippen MR) is 178 cm³/mol. The quantitative estimate of drug-likeness (QED) is 0.154. The van der Waals surface area contributed by atoms with Crippen LogP contribution in [0.25, 0.3) is 21.7 Å². The monoisotopic (exact) mass is 678 g/mol. The SMILES string of the molecule is Cn1nc(C2CCC(=O)NC2=O)c2ccc([C@H]3CC[C@H](CC(=O)Nc4ccc5c(F)c(N6CC(=O)NS6(O)O)c(O)cc5c4)CC3)cc21. The lowest BCUT2D eigenvalue weighted by atomic mass is 9.77. The highest BCUT2D eigenvalue weighted by Gasteiger charge is 2.38. The molecule has 4 amide bonds. The van der Waals surface area contributed by atoms with Gasteiger partial charge < -0.3 is 10.4 Å². The molecule has 252 valence electrons. The molecule has 6 N–H and O–H groups in total. The van der Waals surface area contributed by atoms with Gasteiger partial charge in [-0.05, 0) is 96.2 Å². The van der Waals surface area contributed by atoms with E-state index in [0.717, 1.165) is 36.6 Å². The summed E-state index contributed by atoms with van der Waals surface area (Å²) in [4.78, 5) is 48.8. The summed E-state index contributed by atoms with van der Waals surface area (Å²) in [6, 6.07) is 12.0. The Hall–Kier alpha value is -4.73. The third-order valence-electron chi connectivity index (χ3n) is 9.67. The molecule has 3 heterocycles. The summed E-state index contributed by atoms with van der Waals surface area (Å²) in [5.41, 5.74) is 2.75. The molecule has 13 nitrogen and oxygen atoms in total. The number of phenolic OH excluding ortho intramolecular Hbond substituents is 1. The minimum absolute atomic E-state index is 0.0742. The zero-order valence-electron chi connectivity index (χ0n) is 26.0. The summed E-state index contributed by atoms with van der Waals surface area (Å²) in [7, 11) is -1.97. The average molecular weight is 679 g/mol. The molecule has 1 aromatic heterocycles. The van der Waals surface area contributed by atoms with E-state index in [1.54, 1.807) is 4.68 Å². The Labute approximate surface area is 276 Å². The van der Waals surface area contributed by atoms with Gasteiger partial charge in [-0.15, -0.1) is 0 Å². The fourth-order valence-corrected chi connectivity index (χ4v) is 8.47. The smallest absolute Gasteiger partial charge is 0.260 e. The molecule has 48 heavy (non-hydrogen) atoms. The molecule has 1 saturated carbocycles. The molecule has 3 fully saturated rings. The molecule has 2 saturated heterocycles. The second-order valence-electron chi connectivity index (χ2n) is 12.8. The minimum atomic E-state index is -3.82. The first-order chi connectivity index (χ1) is 22.9. The van der Waals surface area contributed by atoms with E-state index in [0.29, 0.717) is 40.9 Å². The van der Waals surface area contributed by atoms with Crippen LogP contribution < -0.4 is 19.7 Å². The van der Waals surface area contributed by atoms with E-state index >= 15 is 4.39 Å². The fourth-order valence-electron chi connectivity index (χ4n) is 7.26. The number of hydrogen-bond acceptors (Lipinski definition) is 9. The predicted octanol–water partition coefficient (Wildman–Crippen LogP) is 4.91. The van der Waals surface area contributed by atoms with Gasteiger partial charge >= 0.3 is 0 Å². The number of halogens is 1. The minimum Gasteiger partial charge on any atom is -0.506 e. The maximum Gasteiger partial charge on any atom is 0.260 e. The fraction of sp³-hybridized carbons (Fsp3) is 0.364. The number of rotatable bonds is 6. The Balaban J connectivity index is 0.978. The lowest BCUT2D eigenvalue weighted by Crippen LogP contribution is -2.39. The van der Waals surface area contributed by atoms with E-state index in [1.165, 1.54) is 29.8 Å². The Morgan fingerprint density at radius 3 is 2.48 bits per heavy atom. The molecular weight excluding hydrogens is 643 g/mol. The zero-order valence-corrected chi connectivity index (χ0v) is 26.8. The molecule has 3 aromatic carbocycles. The molecule has 0 bridgehead atoms. The van der Waals surface area contributed by atoms with E-state index in [1.807, 2.05) is 17.8 Å². The number of phenols is 1. The van der Waals surface area contributed by atoms with Crippen molar-refractivity contribution in [1.82, 2.24) is 19.8 Å². The molecule has 0 radical (unpaired) electrons. The van der Waals surface area contributed by atoms with Gasteiger partial charge in [-0.1, -0.05) is 12.1 Å². The average Bonchev–Trinajstić information content (AvgIpc) is 3.50. The summed E-state index contributed by atoms with van der Waals surface area (Å²) >= 11 is 0. The number of amides is 4. The van der Waals surface area contributed by atoms with Crippen molar-refractivity contribution < 1.29 is 37.8 Å². The van der Waals surface area contributed by atoms with Crippen molar-refractivity contribution in [2.24, 2.45) is 13.0 Å². The van der Waals surface area contributed by atoms with Gasteiger partial charge in [-0.25, -0.2) is 13.4 Å². The van der Waals surface area contributed by atoms with Crippen LogP contribution in [0.3, 0.4) is 0 Å². The van der Waals surface area contributed by atoms with Gasteiger partial charge in [0, 0.05) is 36.3 Å². The maximum absolute atomic E-state index is 15.4. The standard InChI is InChI=1S/C33H35FN6O7S/c1-39-25-14-19(6-8-23(25)31(37-39)24-10-11-27(42)36-33(24)45)18-4-2-17(3-5-18)12-28(43)35-21-7-9-22-20(13-21)15-26(41)32(30(22)34)40-16-29(44)38-48(40,46)47/h6-9,13-15,17-18,24,41,46-47H,2-5,10-12,16H2,1H3,(H,35,43)(H,38,44)(H,36,42,45)/t17-,18-,24?. The number of piperidine rings is 1. The number of nitrogens with one attached hydrogen (secondary N) is 3. The molecule has 2 aliphatic heterocycles. The van der Waals surface area contributed by atoms with Crippen molar-refractivity contribution in [3.05, 3.63) is 59.5 Å². The van der Waals surface area contributed by atoms with E-state index in [9.17, 15) is 33.4 Å². The van der Waals surface area contributed by atoms with Crippen LogP contribution in [0.4, 0.5) is 15.8 Å². The molecule has 7 rings (SSSR count). The number of aromatic hydroxyl groups is 1. The largest absolute Gasteiger partial charge is 0.506 e. The number of anilines is 2. The Bertz CT molecular complexity index is 2010. The number of carbonyl (C=O) groups is 4. The number of benzene rings is 3. The van der Waals surface area contributed by atoms with Gasteiger partial charge in [-0.3, -0.25) is 38.3 Å². The first-order valence-corrected chi connectivity index (χ1v) is 17.3. The van der Waals surface area contributed by atoms with Crippen LogP contribution in [0, 0.1) is 11.7 Å². The molecule has 4 aromatic rings. The molecule has 1 atom stereocenters. The second kappa shape index (κ2) is 12.1. The number of aryl methyl sites for hydroxylation is 1. The van der Waals surface area contributed by atoms with Crippen LogP contribution in [0.15, 0.2) is 42.5 Å². The highest BCUT2D eigenvalue weighted by atomic mass is 32.3. The highest BCUT2D eigenvalue weighted by Crippen LogP contribution is 2.51.